The first-order valence-electron chi connectivity index (χ1n) is 4.94. The highest BCUT2D eigenvalue weighted by atomic mass is 35.5. The summed E-state index contributed by atoms with van der Waals surface area (Å²) >= 11 is 8.90. The molecule has 1 rings (SSSR count). The van der Waals surface area contributed by atoms with Crippen molar-refractivity contribution in [3.05, 3.63) is 5.15 Å². The SMILES string of the molecule is CCC(CC)(CNc1nsnc1Cl)SC. The van der Waals surface area contributed by atoms with E-state index in [1.54, 1.807) is 0 Å². The number of thioether (sulfide) groups is 1. The fraction of sp³-hybridized carbons (Fsp3) is 0.778. The van der Waals surface area contributed by atoms with Crippen molar-refractivity contribution in [1.82, 2.24) is 8.75 Å². The van der Waals surface area contributed by atoms with Crippen LogP contribution in [0.15, 0.2) is 0 Å². The number of hydrogen-bond acceptors (Lipinski definition) is 5. The van der Waals surface area contributed by atoms with Crippen molar-refractivity contribution in [3.63, 3.8) is 0 Å². The summed E-state index contributed by atoms with van der Waals surface area (Å²) in [6.45, 7) is 5.30. The molecule has 0 aliphatic heterocycles. The first-order chi connectivity index (χ1) is 7.17. The Hall–Kier alpha value is -0.0000000000000000555. The second-order valence-electron chi connectivity index (χ2n) is 3.35. The second-order valence-corrected chi connectivity index (χ2v) is 5.51. The molecular weight excluding hydrogens is 250 g/mol. The van der Waals surface area contributed by atoms with E-state index in [9.17, 15) is 0 Å². The van der Waals surface area contributed by atoms with E-state index in [1.807, 2.05) is 11.8 Å². The first-order valence-corrected chi connectivity index (χ1v) is 7.28. The van der Waals surface area contributed by atoms with Crippen molar-refractivity contribution in [2.24, 2.45) is 0 Å². The van der Waals surface area contributed by atoms with E-state index in [-0.39, 0.29) is 4.75 Å². The molecule has 0 unspecified atom stereocenters. The minimum atomic E-state index is 0.271. The van der Waals surface area contributed by atoms with E-state index in [1.165, 1.54) is 0 Å². The molecule has 0 radical (unpaired) electrons. The maximum atomic E-state index is 5.87. The summed E-state index contributed by atoms with van der Waals surface area (Å²) in [6.07, 6.45) is 4.41. The zero-order chi connectivity index (χ0) is 11.3. The maximum absolute atomic E-state index is 5.87. The fourth-order valence-electron chi connectivity index (χ4n) is 1.39. The van der Waals surface area contributed by atoms with Crippen LogP contribution in [0.4, 0.5) is 5.82 Å². The molecule has 0 saturated heterocycles. The van der Waals surface area contributed by atoms with Crippen LogP contribution in [-0.4, -0.2) is 26.3 Å². The van der Waals surface area contributed by atoms with Crippen LogP contribution in [0.2, 0.25) is 5.15 Å². The standard InChI is InChI=1S/C9H16ClN3S2/c1-4-9(5-2,14-3)6-11-8-7(10)12-15-13-8/h4-6H2,1-3H3,(H,11,13). The van der Waals surface area contributed by atoms with Crippen LogP contribution in [-0.2, 0) is 0 Å². The predicted octanol–water partition coefficient (Wildman–Crippen LogP) is 3.53. The number of hydrogen-bond donors (Lipinski definition) is 1. The molecule has 15 heavy (non-hydrogen) atoms. The van der Waals surface area contributed by atoms with Crippen molar-refractivity contribution in [1.29, 1.82) is 0 Å². The molecule has 3 nitrogen and oxygen atoms in total. The third-order valence-corrected chi connectivity index (χ3v) is 5.23. The quantitative estimate of drug-likeness (QED) is 0.854. The summed E-state index contributed by atoms with van der Waals surface area (Å²) in [7, 11) is 0. The smallest absolute Gasteiger partial charge is 0.186 e. The third-order valence-electron chi connectivity index (χ3n) is 2.75. The molecule has 0 amide bonds. The van der Waals surface area contributed by atoms with Crippen molar-refractivity contribution in [3.8, 4) is 0 Å². The molecule has 0 aliphatic carbocycles. The van der Waals surface area contributed by atoms with Gasteiger partial charge in [0.05, 0.1) is 11.7 Å². The molecule has 1 aromatic heterocycles. The Morgan fingerprint density at radius 1 is 1.40 bits per heavy atom. The molecule has 0 aromatic carbocycles. The van der Waals surface area contributed by atoms with Gasteiger partial charge in [0.1, 0.15) is 0 Å². The molecular formula is C9H16ClN3S2. The average Bonchev–Trinajstić information content (AvgIpc) is 2.67. The number of nitrogens with one attached hydrogen (secondary N) is 1. The minimum Gasteiger partial charge on any atom is -0.365 e. The van der Waals surface area contributed by atoms with Gasteiger partial charge in [-0.2, -0.15) is 20.5 Å². The zero-order valence-corrected chi connectivity index (χ0v) is 11.6. The number of nitrogens with zero attached hydrogens (tertiary/aromatic N) is 2. The van der Waals surface area contributed by atoms with Crippen LogP contribution in [0, 0.1) is 0 Å². The molecule has 0 atom stereocenters. The Kier molecular flexibility index (Phi) is 5.15. The van der Waals surface area contributed by atoms with Crippen molar-refractivity contribution >= 4 is 40.9 Å². The van der Waals surface area contributed by atoms with E-state index in [2.05, 4.69) is 34.2 Å². The van der Waals surface area contributed by atoms with Gasteiger partial charge >= 0.3 is 0 Å². The highest BCUT2D eigenvalue weighted by molar-refractivity contribution is 8.00. The molecule has 0 bridgehead atoms. The monoisotopic (exact) mass is 265 g/mol. The number of halogens is 1. The van der Waals surface area contributed by atoms with Crippen LogP contribution in [0.1, 0.15) is 26.7 Å². The van der Waals surface area contributed by atoms with Gasteiger partial charge in [0, 0.05) is 11.3 Å². The fourth-order valence-corrected chi connectivity index (χ4v) is 2.87. The van der Waals surface area contributed by atoms with E-state index in [0.717, 1.165) is 31.1 Å². The zero-order valence-electron chi connectivity index (χ0n) is 9.21. The molecule has 6 heteroatoms. The largest absolute Gasteiger partial charge is 0.365 e. The Labute approximate surface area is 104 Å². The van der Waals surface area contributed by atoms with Gasteiger partial charge in [0.25, 0.3) is 0 Å². The highest BCUT2D eigenvalue weighted by Gasteiger charge is 2.25. The topological polar surface area (TPSA) is 37.8 Å². The van der Waals surface area contributed by atoms with Crippen molar-refractivity contribution < 1.29 is 0 Å². The Morgan fingerprint density at radius 2 is 2.07 bits per heavy atom. The lowest BCUT2D eigenvalue weighted by Crippen LogP contribution is -2.32. The van der Waals surface area contributed by atoms with Crippen LogP contribution < -0.4 is 5.32 Å². The normalized spacial score (nSPS) is 11.7. The van der Waals surface area contributed by atoms with Crippen molar-refractivity contribution in [2.75, 3.05) is 18.1 Å². The maximum Gasteiger partial charge on any atom is 0.186 e. The molecule has 1 N–H and O–H groups in total. The minimum absolute atomic E-state index is 0.271. The van der Waals surface area contributed by atoms with Gasteiger partial charge in [-0.15, -0.1) is 0 Å². The molecule has 0 saturated carbocycles. The van der Waals surface area contributed by atoms with E-state index in [4.69, 9.17) is 11.6 Å². The van der Waals surface area contributed by atoms with E-state index < -0.39 is 0 Å². The van der Waals surface area contributed by atoms with E-state index in [0.29, 0.717) is 11.0 Å². The Bertz CT molecular complexity index is 291. The highest BCUT2D eigenvalue weighted by Crippen LogP contribution is 2.31. The average molecular weight is 266 g/mol. The summed E-state index contributed by atoms with van der Waals surface area (Å²) in [5.41, 5.74) is 0. The summed E-state index contributed by atoms with van der Waals surface area (Å²) in [6, 6.07) is 0. The summed E-state index contributed by atoms with van der Waals surface area (Å²) in [4.78, 5) is 0. The number of rotatable bonds is 6. The van der Waals surface area contributed by atoms with Gasteiger partial charge in [-0.1, -0.05) is 25.4 Å². The lowest BCUT2D eigenvalue weighted by Gasteiger charge is -2.29. The molecule has 86 valence electrons. The summed E-state index contributed by atoms with van der Waals surface area (Å²) in [5, 5.41) is 3.74. The van der Waals surface area contributed by atoms with Gasteiger partial charge in [0.15, 0.2) is 11.0 Å². The van der Waals surface area contributed by atoms with Crippen molar-refractivity contribution in [2.45, 2.75) is 31.4 Å². The summed E-state index contributed by atoms with van der Waals surface area (Å²) in [5.74, 6) is 0.710. The van der Waals surface area contributed by atoms with Gasteiger partial charge in [0.2, 0.25) is 0 Å². The lowest BCUT2D eigenvalue weighted by atomic mass is 10.0. The summed E-state index contributed by atoms with van der Waals surface area (Å²) < 4.78 is 8.29. The Morgan fingerprint density at radius 3 is 2.47 bits per heavy atom. The van der Waals surface area contributed by atoms with Gasteiger partial charge in [-0.3, -0.25) is 0 Å². The molecule has 0 aliphatic rings. The lowest BCUT2D eigenvalue weighted by molar-refractivity contribution is 0.574. The molecule has 0 spiro atoms. The molecule has 0 fully saturated rings. The molecule has 1 heterocycles. The first kappa shape index (κ1) is 13.1. The predicted molar refractivity (Wildman–Crippen MR) is 70.2 cm³/mol. The number of aromatic nitrogens is 2. The third kappa shape index (κ3) is 3.23. The van der Waals surface area contributed by atoms with Gasteiger partial charge in [-0.05, 0) is 19.1 Å². The van der Waals surface area contributed by atoms with Crippen LogP contribution in [0.5, 0.6) is 0 Å². The Balaban J connectivity index is 2.58. The number of anilines is 1. The van der Waals surface area contributed by atoms with Crippen LogP contribution in [0.25, 0.3) is 0 Å². The molecule has 1 aromatic rings. The van der Waals surface area contributed by atoms with Crippen LogP contribution in [0.3, 0.4) is 0 Å². The van der Waals surface area contributed by atoms with Gasteiger partial charge < -0.3 is 5.32 Å². The van der Waals surface area contributed by atoms with Crippen LogP contribution >= 0.6 is 35.1 Å². The second kappa shape index (κ2) is 5.92. The van der Waals surface area contributed by atoms with Gasteiger partial charge in [-0.25, -0.2) is 0 Å². The van der Waals surface area contributed by atoms with E-state index >= 15 is 0 Å².